The number of rotatable bonds is 11. The lowest BCUT2D eigenvalue weighted by molar-refractivity contribution is -0.120. The molecule has 1 aliphatic carbocycles. The van der Waals surface area contributed by atoms with Crippen molar-refractivity contribution in [3.63, 3.8) is 0 Å². The molecule has 3 N–H and O–H groups in total. The summed E-state index contributed by atoms with van der Waals surface area (Å²) in [6, 6.07) is 0. The summed E-state index contributed by atoms with van der Waals surface area (Å²) in [7, 11) is 3.37. The van der Waals surface area contributed by atoms with Gasteiger partial charge in [-0.15, -0.1) is 0 Å². The van der Waals surface area contributed by atoms with E-state index in [-0.39, 0.29) is 47.9 Å². The third kappa shape index (κ3) is 5.69. The quantitative estimate of drug-likeness (QED) is 0.326. The van der Waals surface area contributed by atoms with Crippen molar-refractivity contribution in [3.05, 3.63) is 0 Å². The smallest absolute Gasteiger partial charge is 0.407 e. The fraction of sp³-hybridized carbons (Fsp3) is 0.909. The van der Waals surface area contributed by atoms with Gasteiger partial charge in [-0.2, -0.15) is 0 Å². The molecule has 6 atom stereocenters. The van der Waals surface area contributed by atoms with Crippen molar-refractivity contribution in [3.8, 4) is 0 Å². The number of hydrogen-bond donors (Lipinski definition) is 3. The van der Waals surface area contributed by atoms with Crippen LogP contribution < -0.4 is 16.0 Å². The molecule has 0 aromatic carbocycles. The minimum absolute atomic E-state index is 0.0227. The molecular formula is C22H39N3O6. The number of carbonyl (C=O) groups is 2. The monoisotopic (exact) mass is 441 g/mol. The van der Waals surface area contributed by atoms with Gasteiger partial charge in [0, 0.05) is 20.2 Å². The predicted octanol–water partition coefficient (Wildman–Crippen LogP) is 1.20. The Kier molecular flexibility index (Phi) is 7.83. The Balaban J connectivity index is 1.54. The van der Waals surface area contributed by atoms with E-state index in [9.17, 15) is 9.59 Å². The first kappa shape index (κ1) is 24.2. The van der Waals surface area contributed by atoms with Crippen LogP contribution in [-0.4, -0.2) is 81.9 Å². The minimum atomic E-state index is -0.500. The number of amides is 2. The van der Waals surface area contributed by atoms with Crippen LogP contribution in [0.25, 0.3) is 0 Å². The highest BCUT2D eigenvalue weighted by Gasteiger charge is 2.72. The van der Waals surface area contributed by atoms with Crippen LogP contribution in [0.1, 0.15) is 46.5 Å². The van der Waals surface area contributed by atoms with Crippen molar-refractivity contribution in [1.29, 1.82) is 0 Å². The maximum absolute atomic E-state index is 12.4. The van der Waals surface area contributed by atoms with Crippen LogP contribution >= 0.6 is 0 Å². The zero-order chi connectivity index (χ0) is 22.6. The fourth-order valence-corrected chi connectivity index (χ4v) is 5.04. The number of alkyl carbamates (subject to hydrolysis) is 1. The molecule has 0 bridgehead atoms. The number of carbonyl (C=O) groups excluding carboxylic acids is 2. The van der Waals surface area contributed by atoms with Crippen molar-refractivity contribution in [1.82, 2.24) is 16.0 Å². The van der Waals surface area contributed by atoms with Crippen LogP contribution in [0.4, 0.5) is 4.79 Å². The third-order valence-corrected chi connectivity index (χ3v) is 6.82. The molecule has 31 heavy (non-hydrogen) atoms. The second-order valence-electron chi connectivity index (χ2n) is 9.58. The highest BCUT2D eigenvalue weighted by molar-refractivity contribution is 5.78. The molecule has 0 aromatic rings. The summed E-state index contributed by atoms with van der Waals surface area (Å²) in [5, 5.41) is 8.19. The highest BCUT2D eigenvalue weighted by Crippen LogP contribution is 2.59. The van der Waals surface area contributed by atoms with Gasteiger partial charge in [-0.1, -0.05) is 13.8 Å². The van der Waals surface area contributed by atoms with Gasteiger partial charge >= 0.3 is 6.09 Å². The molecule has 9 heteroatoms. The lowest BCUT2D eigenvalue weighted by atomic mass is 9.68. The summed E-state index contributed by atoms with van der Waals surface area (Å²) in [6.45, 7) is 8.18. The normalized spacial score (nSPS) is 36.3. The van der Waals surface area contributed by atoms with Gasteiger partial charge in [0.25, 0.3) is 0 Å². The summed E-state index contributed by atoms with van der Waals surface area (Å²) < 4.78 is 23.8. The van der Waals surface area contributed by atoms with Gasteiger partial charge in [0.15, 0.2) is 0 Å². The number of epoxide rings is 2. The average molecular weight is 442 g/mol. The summed E-state index contributed by atoms with van der Waals surface area (Å²) in [5.41, 5.74) is -0.544. The Hall–Kier alpha value is -1.42. The summed E-state index contributed by atoms with van der Waals surface area (Å²) in [6.07, 6.45) is 2.68. The molecule has 3 rings (SSSR count). The van der Waals surface area contributed by atoms with Gasteiger partial charge in [0.1, 0.15) is 23.4 Å². The molecule has 4 unspecified atom stereocenters. The van der Waals surface area contributed by atoms with Crippen molar-refractivity contribution >= 4 is 12.0 Å². The van der Waals surface area contributed by atoms with Crippen LogP contribution in [0.5, 0.6) is 0 Å². The van der Waals surface area contributed by atoms with Crippen molar-refractivity contribution in [2.45, 2.75) is 76.0 Å². The van der Waals surface area contributed by atoms with Gasteiger partial charge in [-0.25, -0.2) is 4.79 Å². The molecule has 1 saturated carbocycles. The predicted molar refractivity (Wildman–Crippen MR) is 115 cm³/mol. The third-order valence-electron chi connectivity index (χ3n) is 6.82. The lowest BCUT2D eigenvalue weighted by Gasteiger charge is -2.42. The Morgan fingerprint density at radius 1 is 1.23 bits per heavy atom. The van der Waals surface area contributed by atoms with E-state index in [4.69, 9.17) is 18.9 Å². The Bertz CT molecular complexity index is 641. The summed E-state index contributed by atoms with van der Waals surface area (Å²) >= 11 is 0. The second kappa shape index (κ2) is 10.0. The lowest BCUT2D eigenvalue weighted by Crippen LogP contribution is -2.56. The van der Waals surface area contributed by atoms with E-state index in [1.807, 2.05) is 0 Å². The molecule has 2 aliphatic heterocycles. The molecule has 1 spiro atoms. The van der Waals surface area contributed by atoms with Gasteiger partial charge in [-0.3, -0.25) is 4.79 Å². The standard InChI is InChI=1S/C22H39N3O6/c1-14(2)6-7-16-21(3,31-16)19-18(28-5)15(8-9-22(19)13-29-22)30-20(27)25-11-10-24-17(26)12-23-4/h14-16,18-19,23H,6-13H2,1-5H3,(H,24,26)(H,25,27)/t15?,16-,18?,19?,21?,22+/m1/s1. The maximum Gasteiger partial charge on any atom is 0.407 e. The molecule has 0 aromatic heterocycles. The second-order valence-corrected chi connectivity index (χ2v) is 9.58. The van der Waals surface area contributed by atoms with E-state index in [2.05, 4.69) is 36.7 Å². The summed E-state index contributed by atoms with van der Waals surface area (Å²) in [5.74, 6) is 0.535. The molecule has 2 amide bonds. The van der Waals surface area contributed by atoms with E-state index >= 15 is 0 Å². The van der Waals surface area contributed by atoms with Crippen molar-refractivity contribution in [2.24, 2.45) is 11.8 Å². The Labute approximate surface area is 185 Å². The fourth-order valence-electron chi connectivity index (χ4n) is 5.04. The molecule has 2 heterocycles. The first-order valence-corrected chi connectivity index (χ1v) is 11.5. The Morgan fingerprint density at radius 2 is 1.94 bits per heavy atom. The summed E-state index contributed by atoms with van der Waals surface area (Å²) in [4.78, 5) is 23.8. The topological polar surface area (TPSA) is 114 Å². The van der Waals surface area contributed by atoms with Gasteiger partial charge in [0.2, 0.25) is 5.91 Å². The minimum Gasteiger partial charge on any atom is -0.443 e. The zero-order valence-electron chi connectivity index (χ0n) is 19.5. The number of hydrogen-bond acceptors (Lipinski definition) is 7. The Morgan fingerprint density at radius 3 is 2.55 bits per heavy atom. The van der Waals surface area contributed by atoms with Gasteiger partial charge in [0.05, 0.1) is 25.2 Å². The molecule has 178 valence electrons. The average Bonchev–Trinajstić information content (AvgIpc) is 3.63. The van der Waals surface area contributed by atoms with E-state index in [0.717, 1.165) is 19.3 Å². The number of nitrogens with one attached hydrogen (secondary N) is 3. The van der Waals surface area contributed by atoms with Crippen molar-refractivity contribution < 1.29 is 28.5 Å². The van der Waals surface area contributed by atoms with Gasteiger partial charge < -0.3 is 34.9 Å². The molecular weight excluding hydrogens is 402 g/mol. The van der Waals surface area contributed by atoms with E-state index in [1.54, 1.807) is 14.2 Å². The van der Waals surface area contributed by atoms with Crippen LogP contribution in [0, 0.1) is 11.8 Å². The van der Waals surface area contributed by atoms with Gasteiger partial charge in [-0.05, 0) is 45.6 Å². The highest BCUT2D eigenvalue weighted by atomic mass is 16.6. The van der Waals surface area contributed by atoms with Crippen LogP contribution in [0.15, 0.2) is 0 Å². The first-order chi connectivity index (χ1) is 14.8. The van der Waals surface area contributed by atoms with E-state index in [1.165, 1.54) is 0 Å². The molecule has 3 fully saturated rings. The van der Waals surface area contributed by atoms with Crippen molar-refractivity contribution in [2.75, 3.05) is 40.4 Å². The number of ether oxygens (including phenoxy) is 4. The van der Waals surface area contributed by atoms with Crippen LogP contribution in [0.3, 0.4) is 0 Å². The molecule has 3 aliphatic rings. The maximum atomic E-state index is 12.4. The largest absolute Gasteiger partial charge is 0.443 e. The van der Waals surface area contributed by atoms with Crippen LogP contribution in [0.2, 0.25) is 0 Å². The van der Waals surface area contributed by atoms with E-state index < -0.39 is 6.09 Å². The van der Waals surface area contributed by atoms with Crippen LogP contribution in [-0.2, 0) is 23.7 Å². The zero-order valence-corrected chi connectivity index (χ0v) is 19.5. The SMILES string of the molecule is CNCC(=O)NCCNC(=O)OC1CC[C@]2(CO2)C(C2(C)O[C@@H]2CCC(C)C)C1OC. The molecule has 9 nitrogen and oxygen atoms in total. The van der Waals surface area contributed by atoms with E-state index in [0.29, 0.717) is 32.0 Å². The first-order valence-electron chi connectivity index (χ1n) is 11.5. The molecule has 2 saturated heterocycles. The molecule has 0 radical (unpaired) electrons. The number of likely N-dealkylation sites (N-methyl/N-ethyl adjacent to an activating group) is 1. The number of methoxy groups -OCH3 is 1.